The summed E-state index contributed by atoms with van der Waals surface area (Å²) >= 11 is 0. The first-order valence-electron chi connectivity index (χ1n) is 10.0. The molecular formula is C27H22O6. The van der Waals surface area contributed by atoms with Gasteiger partial charge < -0.3 is 14.6 Å². The fourth-order valence-corrected chi connectivity index (χ4v) is 3.21. The largest absolute Gasteiger partial charge is 0.496 e. The van der Waals surface area contributed by atoms with Crippen LogP contribution in [-0.2, 0) is 9.47 Å². The average molecular weight is 442 g/mol. The molecule has 0 heterocycles. The summed E-state index contributed by atoms with van der Waals surface area (Å²) < 4.78 is 10.7. The highest BCUT2D eigenvalue weighted by Gasteiger charge is 2.19. The van der Waals surface area contributed by atoms with Gasteiger partial charge in [-0.2, -0.15) is 0 Å². The number of methoxy groups -OCH3 is 2. The van der Waals surface area contributed by atoms with Crippen molar-refractivity contribution in [3.8, 4) is 0 Å². The van der Waals surface area contributed by atoms with Crippen molar-refractivity contribution in [3.63, 3.8) is 0 Å². The third kappa shape index (κ3) is 5.62. The van der Waals surface area contributed by atoms with E-state index in [0.29, 0.717) is 16.9 Å². The summed E-state index contributed by atoms with van der Waals surface area (Å²) in [5.41, 5.74) is 1.19. The van der Waals surface area contributed by atoms with Gasteiger partial charge in [0.15, 0.2) is 11.6 Å². The van der Waals surface area contributed by atoms with E-state index >= 15 is 0 Å². The Morgan fingerprint density at radius 2 is 1.12 bits per heavy atom. The van der Waals surface area contributed by atoms with Gasteiger partial charge in [0.05, 0.1) is 19.8 Å². The lowest BCUT2D eigenvalue weighted by atomic mass is 9.97. The van der Waals surface area contributed by atoms with E-state index in [9.17, 15) is 19.5 Å². The molecule has 0 aliphatic rings. The minimum atomic E-state index is -1.28. The molecule has 6 heteroatoms. The van der Waals surface area contributed by atoms with E-state index in [1.165, 1.54) is 44.6 Å². The van der Waals surface area contributed by atoms with Crippen LogP contribution in [0.3, 0.4) is 0 Å². The second-order valence-corrected chi connectivity index (χ2v) is 6.95. The molecule has 33 heavy (non-hydrogen) atoms. The Morgan fingerprint density at radius 1 is 0.636 bits per heavy atom. The van der Waals surface area contributed by atoms with Crippen molar-refractivity contribution in [2.75, 3.05) is 14.2 Å². The van der Waals surface area contributed by atoms with Crippen molar-refractivity contribution in [2.45, 2.75) is 0 Å². The number of carboxylic acids is 1. The lowest BCUT2D eigenvalue weighted by Crippen LogP contribution is -2.10. The molecule has 0 saturated carbocycles. The molecule has 0 aliphatic heterocycles. The normalized spacial score (nSPS) is 11.6. The van der Waals surface area contributed by atoms with Gasteiger partial charge in [0.2, 0.25) is 0 Å². The summed E-state index contributed by atoms with van der Waals surface area (Å²) in [5, 5.41) is 9.56. The summed E-state index contributed by atoms with van der Waals surface area (Å²) in [6.07, 6.45) is 2.52. The van der Waals surface area contributed by atoms with E-state index in [-0.39, 0.29) is 22.4 Å². The van der Waals surface area contributed by atoms with Crippen LogP contribution in [0.4, 0.5) is 0 Å². The van der Waals surface area contributed by atoms with Crippen molar-refractivity contribution in [3.05, 3.63) is 119 Å². The molecule has 0 aliphatic carbocycles. The minimum absolute atomic E-state index is 0.120. The summed E-state index contributed by atoms with van der Waals surface area (Å²) in [6.45, 7) is 0. The van der Waals surface area contributed by atoms with Crippen molar-refractivity contribution < 1.29 is 29.0 Å². The zero-order chi connectivity index (χ0) is 23.8. The maximum absolute atomic E-state index is 13.0. The van der Waals surface area contributed by atoms with E-state index in [0.717, 1.165) is 0 Å². The topological polar surface area (TPSA) is 89.9 Å². The second-order valence-electron chi connectivity index (χ2n) is 6.95. The van der Waals surface area contributed by atoms with E-state index < -0.39 is 17.5 Å². The fourth-order valence-electron chi connectivity index (χ4n) is 3.21. The summed E-state index contributed by atoms with van der Waals surface area (Å²) in [6, 6.07) is 21.9. The lowest BCUT2D eigenvalue weighted by Gasteiger charge is -2.09. The van der Waals surface area contributed by atoms with Crippen molar-refractivity contribution in [1.29, 1.82) is 0 Å². The highest BCUT2D eigenvalue weighted by atomic mass is 16.5. The van der Waals surface area contributed by atoms with Gasteiger partial charge in [-0.3, -0.25) is 9.59 Å². The number of hydrogen-bond donors (Lipinski definition) is 1. The van der Waals surface area contributed by atoms with Crippen LogP contribution < -0.4 is 0 Å². The van der Waals surface area contributed by atoms with Crippen LogP contribution >= 0.6 is 0 Å². The Labute approximate surface area is 191 Å². The highest BCUT2D eigenvalue weighted by molar-refractivity contribution is 6.16. The Morgan fingerprint density at radius 3 is 1.58 bits per heavy atom. The van der Waals surface area contributed by atoms with Crippen LogP contribution in [-0.4, -0.2) is 36.9 Å². The first kappa shape index (κ1) is 23.2. The van der Waals surface area contributed by atoms with Crippen LogP contribution in [0.15, 0.2) is 91.0 Å². The zero-order valence-electron chi connectivity index (χ0n) is 18.1. The molecule has 6 nitrogen and oxygen atoms in total. The van der Waals surface area contributed by atoms with E-state index in [2.05, 4.69) is 0 Å². The number of benzene rings is 3. The third-order valence-corrected chi connectivity index (χ3v) is 4.88. The van der Waals surface area contributed by atoms with E-state index in [1.807, 2.05) is 24.3 Å². The number of carbonyl (C=O) groups is 3. The second kappa shape index (κ2) is 10.7. The van der Waals surface area contributed by atoms with Crippen LogP contribution in [0.1, 0.15) is 42.2 Å². The van der Waals surface area contributed by atoms with Crippen LogP contribution in [0, 0.1) is 0 Å². The van der Waals surface area contributed by atoms with E-state index in [1.54, 1.807) is 36.4 Å². The number of aromatic carboxylic acids is 1. The van der Waals surface area contributed by atoms with Gasteiger partial charge in [0.25, 0.3) is 0 Å². The van der Waals surface area contributed by atoms with Gasteiger partial charge in [0.1, 0.15) is 11.5 Å². The molecule has 1 N–H and O–H groups in total. The number of hydrogen-bond acceptors (Lipinski definition) is 5. The fraction of sp³-hybridized carbons (Fsp3) is 0.0741. The molecule has 0 bridgehead atoms. The van der Waals surface area contributed by atoms with Crippen molar-refractivity contribution >= 4 is 29.1 Å². The summed E-state index contributed by atoms with van der Waals surface area (Å²) in [4.78, 5) is 37.6. The number of allylic oxidation sites excluding steroid dienone is 2. The Hall–Kier alpha value is -4.45. The maximum Gasteiger partial charge on any atom is 0.336 e. The van der Waals surface area contributed by atoms with Crippen LogP contribution in [0.25, 0.3) is 11.5 Å². The molecule has 0 saturated heterocycles. The van der Waals surface area contributed by atoms with Gasteiger partial charge in [-0.25, -0.2) is 4.79 Å². The van der Waals surface area contributed by atoms with Gasteiger partial charge in [0, 0.05) is 34.4 Å². The lowest BCUT2D eigenvalue weighted by molar-refractivity contribution is 0.0692. The van der Waals surface area contributed by atoms with Crippen molar-refractivity contribution in [2.24, 2.45) is 0 Å². The number of carboxylic acid groups (broad SMARTS) is 1. The minimum Gasteiger partial charge on any atom is -0.496 e. The Kier molecular flexibility index (Phi) is 7.55. The predicted octanol–water partition coefficient (Wildman–Crippen LogP) is 5.13. The third-order valence-electron chi connectivity index (χ3n) is 4.88. The summed E-state index contributed by atoms with van der Waals surface area (Å²) in [5.74, 6) is -1.68. The van der Waals surface area contributed by atoms with Gasteiger partial charge in [-0.05, 0) is 12.1 Å². The van der Waals surface area contributed by atoms with Gasteiger partial charge in [-0.15, -0.1) is 0 Å². The monoisotopic (exact) mass is 442 g/mol. The molecule has 0 unspecified atom stereocenters. The quantitative estimate of drug-likeness (QED) is 0.281. The van der Waals surface area contributed by atoms with Crippen molar-refractivity contribution in [1.82, 2.24) is 0 Å². The molecule has 166 valence electrons. The van der Waals surface area contributed by atoms with Gasteiger partial charge >= 0.3 is 5.97 Å². The maximum atomic E-state index is 13.0. The number of ether oxygens (including phenoxy) is 2. The zero-order valence-corrected chi connectivity index (χ0v) is 18.1. The summed E-state index contributed by atoms with van der Waals surface area (Å²) in [7, 11) is 2.88. The standard InChI is InChI=1S/C27H22O6/c1-32-25(18-9-5-3-6-10-18)16-23(28)20-13-14-21(27(30)31)22(15-20)24(29)17-26(33-2)19-11-7-4-8-12-19/h3-17H,1-2H3,(H,30,31). The first-order chi connectivity index (χ1) is 15.9. The van der Waals surface area contributed by atoms with Crippen LogP contribution in [0.2, 0.25) is 0 Å². The SMILES string of the molecule is COC(=CC(=O)c1ccc(C(=O)O)c(C(=O)C=C(OC)c2ccccc2)c1)c1ccccc1. The van der Waals surface area contributed by atoms with Gasteiger partial charge in [-0.1, -0.05) is 66.7 Å². The Bertz CT molecular complexity index is 1220. The molecule has 0 fully saturated rings. The molecule has 0 atom stereocenters. The van der Waals surface area contributed by atoms with E-state index in [4.69, 9.17) is 9.47 Å². The smallest absolute Gasteiger partial charge is 0.336 e. The molecule has 3 aromatic rings. The van der Waals surface area contributed by atoms with Crippen LogP contribution in [0.5, 0.6) is 0 Å². The Balaban J connectivity index is 2.01. The first-order valence-corrected chi connectivity index (χ1v) is 10.0. The molecule has 0 spiro atoms. The number of carbonyl (C=O) groups excluding carboxylic acids is 2. The predicted molar refractivity (Wildman–Crippen MR) is 125 cm³/mol. The molecule has 0 aromatic heterocycles. The number of ketones is 2. The molecule has 3 rings (SSSR count). The molecular weight excluding hydrogens is 420 g/mol. The average Bonchev–Trinajstić information content (AvgIpc) is 2.86. The molecule has 0 radical (unpaired) electrons. The molecule has 3 aromatic carbocycles. The molecule has 0 amide bonds. The highest BCUT2D eigenvalue weighted by Crippen LogP contribution is 2.21. The number of rotatable bonds is 9.